The van der Waals surface area contributed by atoms with Gasteiger partial charge in [-0.3, -0.25) is 14.6 Å². The highest BCUT2D eigenvalue weighted by atomic mass is 16.2. The van der Waals surface area contributed by atoms with E-state index >= 15 is 0 Å². The summed E-state index contributed by atoms with van der Waals surface area (Å²) in [6.07, 6.45) is -1.12. The van der Waals surface area contributed by atoms with E-state index in [9.17, 15) is 14.4 Å². The smallest absolute Gasteiger partial charge is 0.323 e. The Morgan fingerprint density at radius 3 is 2.05 bits per heavy atom. The summed E-state index contributed by atoms with van der Waals surface area (Å²) in [5, 5.41) is 8.57. The van der Waals surface area contributed by atoms with Gasteiger partial charge in [0.2, 0.25) is 0 Å². The molecule has 9 nitrogen and oxygen atoms in total. The second-order valence-electron chi connectivity index (χ2n) is 9.10. The first kappa shape index (κ1) is 25.7. The average molecular weight is 501 g/mol. The highest BCUT2D eigenvalue weighted by molar-refractivity contribution is 5.98. The van der Waals surface area contributed by atoms with Gasteiger partial charge in [-0.05, 0) is 54.8 Å². The number of benzene rings is 3. The Hall–Kier alpha value is -4.37. The number of nitrogens with one attached hydrogen (secondary N) is 3. The molecule has 5 N–H and O–H groups in total. The lowest BCUT2D eigenvalue weighted by Crippen LogP contribution is -2.55. The molecular weight excluding hydrogens is 468 g/mol. The molecule has 9 heteroatoms. The summed E-state index contributed by atoms with van der Waals surface area (Å²) in [4.78, 5) is 42.6. The molecule has 0 saturated carbocycles. The van der Waals surface area contributed by atoms with Crippen LogP contribution in [-0.4, -0.2) is 47.0 Å². The topological polar surface area (TPSA) is 120 Å². The fraction of sp³-hybridized carbons (Fsp3) is 0.250. The molecule has 0 aliphatic carbocycles. The van der Waals surface area contributed by atoms with Gasteiger partial charge in [0.1, 0.15) is 0 Å². The van der Waals surface area contributed by atoms with Crippen LogP contribution in [0, 0.1) is 13.8 Å². The predicted octanol–water partition coefficient (Wildman–Crippen LogP) is 3.79. The fourth-order valence-corrected chi connectivity index (χ4v) is 4.23. The number of aryl methyl sites for hydroxylation is 2. The first-order valence-electron chi connectivity index (χ1n) is 12.2. The summed E-state index contributed by atoms with van der Waals surface area (Å²) in [7, 11) is 0. The lowest BCUT2D eigenvalue weighted by molar-refractivity contribution is -0.127. The molecule has 1 fully saturated rings. The zero-order chi connectivity index (χ0) is 26.4. The Balaban J connectivity index is 1.52. The molecule has 37 heavy (non-hydrogen) atoms. The quantitative estimate of drug-likeness (QED) is 0.412. The molecule has 5 amide bonds. The monoisotopic (exact) mass is 500 g/mol. The van der Waals surface area contributed by atoms with Gasteiger partial charge in [0, 0.05) is 37.6 Å². The third-order valence-electron chi connectivity index (χ3n) is 6.19. The number of hydrogen-bond acceptors (Lipinski definition) is 4. The number of carbonyl (C=O) groups is 3. The molecule has 192 valence electrons. The van der Waals surface area contributed by atoms with Crippen LogP contribution in [0.15, 0.2) is 72.8 Å². The van der Waals surface area contributed by atoms with E-state index in [4.69, 9.17) is 5.73 Å². The zero-order valence-electron chi connectivity index (χ0n) is 21.0. The van der Waals surface area contributed by atoms with E-state index in [2.05, 4.69) is 16.0 Å². The van der Waals surface area contributed by atoms with Crippen LogP contribution in [0.3, 0.4) is 0 Å². The SMILES string of the molecule is Cc1ccc(NC(=O)N2CCN(C(=O)Nc3cccc(C)c3)C2C(=O)NCc2cccc(CN)c2)cc1. The molecule has 1 aliphatic heterocycles. The zero-order valence-corrected chi connectivity index (χ0v) is 21.0. The van der Waals surface area contributed by atoms with Crippen molar-refractivity contribution >= 4 is 29.3 Å². The van der Waals surface area contributed by atoms with E-state index in [1.54, 1.807) is 18.2 Å². The molecule has 0 radical (unpaired) electrons. The molecule has 0 aromatic heterocycles. The number of nitrogens with zero attached hydrogens (tertiary/aromatic N) is 2. The lowest BCUT2D eigenvalue weighted by atomic mass is 10.1. The molecule has 0 spiro atoms. The number of rotatable bonds is 6. The van der Waals surface area contributed by atoms with Gasteiger partial charge in [-0.1, -0.05) is 54.1 Å². The molecule has 0 bridgehead atoms. The summed E-state index contributed by atoms with van der Waals surface area (Å²) in [5.41, 5.74) is 10.8. The Bertz CT molecular complexity index is 1280. The molecule has 1 aliphatic rings. The molecule has 3 aromatic carbocycles. The van der Waals surface area contributed by atoms with Crippen LogP contribution in [0.2, 0.25) is 0 Å². The first-order valence-corrected chi connectivity index (χ1v) is 12.2. The predicted molar refractivity (Wildman–Crippen MR) is 144 cm³/mol. The average Bonchev–Trinajstić information content (AvgIpc) is 3.34. The maximum atomic E-state index is 13.4. The third-order valence-corrected chi connectivity index (χ3v) is 6.19. The van der Waals surface area contributed by atoms with Crippen molar-refractivity contribution < 1.29 is 14.4 Å². The molecule has 3 aromatic rings. The Kier molecular flexibility index (Phi) is 8.05. The van der Waals surface area contributed by atoms with Crippen LogP contribution < -0.4 is 21.7 Å². The van der Waals surface area contributed by atoms with Crippen molar-refractivity contribution in [1.29, 1.82) is 0 Å². The summed E-state index contributed by atoms with van der Waals surface area (Å²) >= 11 is 0. The number of hydrogen-bond donors (Lipinski definition) is 4. The minimum atomic E-state index is -1.12. The van der Waals surface area contributed by atoms with Crippen molar-refractivity contribution in [3.8, 4) is 0 Å². The molecule has 1 heterocycles. The largest absolute Gasteiger partial charge is 0.349 e. The number of nitrogens with two attached hydrogens (primary N) is 1. The normalized spacial score (nSPS) is 14.8. The Morgan fingerprint density at radius 2 is 1.41 bits per heavy atom. The maximum Gasteiger partial charge on any atom is 0.323 e. The maximum absolute atomic E-state index is 13.4. The highest BCUT2D eigenvalue weighted by Crippen LogP contribution is 2.20. The number of anilines is 2. The van der Waals surface area contributed by atoms with E-state index in [-0.39, 0.29) is 19.6 Å². The van der Waals surface area contributed by atoms with Crippen molar-refractivity contribution in [2.75, 3.05) is 23.7 Å². The van der Waals surface area contributed by atoms with Gasteiger partial charge < -0.3 is 21.7 Å². The number of amides is 5. The van der Waals surface area contributed by atoms with Crippen LogP contribution >= 0.6 is 0 Å². The summed E-state index contributed by atoms with van der Waals surface area (Å²) in [6.45, 7) is 4.94. The van der Waals surface area contributed by atoms with Crippen molar-refractivity contribution in [1.82, 2.24) is 15.1 Å². The standard InChI is InChI=1S/C28H32N6O3/c1-19-9-11-23(12-10-19)31-27(36)33-13-14-34(28(37)32-24-8-3-5-20(2)15-24)26(33)25(35)30-18-22-7-4-6-21(16-22)17-29/h3-12,15-16,26H,13-14,17-18,29H2,1-2H3,(H,30,35)(H,31,36)(H,32,37). The minimum Gasteiger partial charge on any atom is -0.349 e. The van der Waals surface area contributed by atoms with Crippen molar-refractivity contribution in [3.63, 3.8) is 0 Å². The molecule has 1 saturated heterocycles. The molecule has 1 atom stereocenters. The third kappa shape index (κ3) is 6.45. The second kappa shape index (κ2) is 11.6. The first-order chi connectivity index (χ1) is 17.8. The van der Waals surface area contributed by atoms with E-state index in [0.717, 1.165) is 22.3 Å². The van der Waals surface area contributed by atoms with Gasteiger partial charge in [0.25, 0.3) is 5.91 Å². The van der Waals surface area contributed by atoms with Crippen LogP contribution in [0.1, 0.15) is 22.3 Å². The van der Waals surface area contributed by atoms with Crippen molar-refractivity contribution in [3.05, 3.63) is 95.1 Å². The van der Waals surface area contributed by atoms with Gasteiger partial charge in [0.05, 0.1) is 0 Å². The Labute approximate surface area is 216 Å². The lowest BCUT2D eigenvalue weighted by Gasteiger charge is -2.29. The number of urea groups is 2. The van der Waals surface area contributed by atoms with E-state index < -0.39 is 24.1 Å². The van der Waals surface area contributed by atoms with Crippen molar-refractivity contribution in [2.24, 2.45) is 5.73 Å². The van der Waals surface area contributed by atoms with Crippen LogP contribution in [0.25, 0.3) is 0 Å². The van der Waals surface area contributed by atoms with E-state index in [1.165, 1.54) is 9.80 Å². The summed E-state index contributed by atoms with van der Waals surface area (Å²) in [5.74, 6) is -0.450. The molecular formula is C28H32N6O3. The van der Waals surface area contributed by atoms with Crippen molar-refractivity contribution in [2.45, 2.75) is 33.1 Å². The molecule has 1 unspecified atom stereocenters. The van der Waals surface area contributed by atoms with Gasteiger partial charge in [-0.25, -0.2) is 9.59 Å². The fourth-order valence-electron chi connectivity index (χ4n) is 4.23. The van der Waals surface area contributed by atoms with E-state index in [0.29, 0.717) is 17.9 Å². The van der Waals surface area contributed by atoms with E-state index in [1.807, 2.05) is 68.4 Å². The number of carbonyl (C=O) groups excluding carboxylic acids is 3. The summed E-state index contributed by atoms with van der Waals surface area (Å²) < 4.78 is 0. The van der Waals surface area contributed by atoms with Crippen LogP contribution in [-0.2, 0) is 17.9 Å². The highest BCUT2D eigenvalue weighted by Gasteiger charge is 2.42. The minimum absolute atomic E-state index is 0.208. The summed E-state index contributed by atoms with van der Waals surface area (Å²) in [6, 6.07) is 21.4. The Morgan fingerprint density at radius 1 is 0.784 bits per heavy atom. The van der Waals surface area contributed by atoms with Crippen LogP contribution in [0.4, 0.5) is 21.0 Å². The van der Waals surface area contributed by atoms with Gasteiger partial charge >= 0.3 is 12.1 Å². The van der Waals surface area contributed by atoms with Gasteiger partial charge in [0.15, 0.2) is 6.17 Å². The van der Waals surface area contributed by atoms with Gasteiger partial charge in [-0.15, -0.1) is 0 Å². The second-order valence-corrected chi connectivity index (χ2v) is 9.10. The van der Waals surface area contributed by atoms with Gasteiger partial charge in [-0.2, -0.15) is 0 Å². The van der Waals surface area contributed by atoms with Crippen LogP contribution in [0.5, 0.6) is 0 Å². The molecule has 4 rings (SSSR count).